The Kier molecular flexibility index (Phi) is 12.0. The lowest BCUT2D eigenvalue weighted by Gasteiger charge is -2.31. The van der Waals surface area contributed by atoms with Gasteiger partial charge in [-0.05, 0) is 66.3 Å². The molecule has 4 aromatic rings. The van der Waals surface area contributed by atoms with Gasteiger partial charge >= 0.3 is 0 Å². The van der Waals surface area contributed by atoms with Crippen LogP contribution in [0.1, 0.15) is 47.6 Å². The summed E-state index contributed by atoms with van der Waals surface area (Å²) in [5.74, 6) is 0.536. The van der Waals surface area contributed by atoms with Gasteiger partial charge in [-0.15, -0.1) is 0 Å². The molecule has 242 valence electrons. The van der Waals surface area contributed by atoms with E-state index in [1.807, 2.05) is 60.7 Å². The van der Waals surface area contributed by atoms with Crippen molar-refractivity contribution >= 4 is 33.4 Å². The third-order valence-electron chi connectivity index (χ3n) is 7.88. The highest BCUT2D eigenvalue weighted by atomic mass is 79.9. The van der Waals surface area contributed by atoms with Gasteiger partial charge in [0.2, 0.25) is 5.90 Å². The second kappa shape index (κ2) is 16.8. The van der Waals surface area contributed by atoms with Crippen LogP contribution in [0.3, 0.4) is 0 Å². The lowest BCUT2D eigenvalue weighted by Crippen LogP contribution is -2.54. The first-order valence-corrected chi connectivity index (χ1v) is 16.4. The molecule has 1 aliphatic heterocycles. The molecule has 3 N–H and O–H groups in total. The number of aliphatic imine (C=N–C) groups is 1. The molecule has 1 amide bonds. The van der Waals surface area contributed by atoms with E-state index in [1.54, 1.807) is 30.3 Å². The van der Waals surface area contributed by atoms with Crippen LogP contribution in [-0.4, -0.2) is 42.2 Å². The standard InChI is InChI=1S/C36H37BrN6O4/c37-31-16-6-4-14-28(31)25-36(35(45)42-39-22-9-8-13-26-11-2-1-3-12-26)33(30-15-5-7-17-32(30)41-43-38)47-34(40-36)27-18-20-29(21-19-27)46-24-10-23-44/h1-7,11-12,14-21,33,39,44H,8-10,13,22-25H2,(H,42,45)/t33-,36-/m0/s1. The average Bonchev–Trinajstić information content (AvgIpc) is 3.48. The number of nitrogens with one attached hydrogen (secondary N) is 2. The summed E-state index contributed by atoms with van der Waals surface area (Å²) < 4.78 is 13.1. The van der Waals surface area contributed by atoms with E-state index in [9.17, 15) is 10.3 Å². The molecule has 0 saturated carbocycles. The number of benzene rings is 4. The van der Waals surface area contributed by atoms with Gasteiger partial charge in [-0.1, -0.05) is 93.8 Å². The van der Waals surface area contributed by atoms with Crippen molar-refractivity contribution in [1.29, 1.82) is 0 Å². The molecule has 0 radical (unpaired) electrons. The Morgan fingerprint density at radius 1 is 0.979 bits per heavy atom. The number of amides is 1. The molecule has 1 aliphatic rings. The molecule has 11 heteroatoms. The molecule has 0 aromatic heterocycles. The molecule has 47 heavy (non-hydrogen) atoms. The van der Waals surface area contributed by atoms with E-state index in [4.69, 9.17) is 19.6 Å². The van der Waals surface area contributed by atoms with Gasteiger partial charge in [-0.25, -0.2) is 10.4 Å². The highest BCUT2D eigenvalue weighted by Crippen LogP contribution is 2.46. The number of nitrogens with zero attached hydrogens (tertiary/aromatic N) is 4. The van der Waals surface area contributed by atoms with Crippen molar-refractivity contribution < 1.29 is 19.4 Å². The van der Waals surface area contributed by atoms with Crippen LogP contribution in [0.5, 0.6) is 5.75 Å². The molecular formula is C36H37BrN6O4. The molecule has 0 aliphatic carbocycles. The summed E-state index contributed by atoms with van der Waals surface area (Å²) in [5, 5.41) is 13.0. The maximum atomic E-state index is 14.4. The van der Waals surface area contributed by atoms with Crippen molar-refractivity contribution in [2.75, 3.05) is 19.8 Å². The van der Waals surface area contributed by atoms with Crippen LogP contribution in [0.2, 0.25) is 0 Å². The van der Waals surface area contributed by atoms with Gasteiger partial charge in [0.15, 0.2) is 11.6 Å². The molecule has 2 atom stereocenters. The van der Waals surface area contributed by atoms with E-state index in [2.05, 4.69) is 48.9 Å². The van der Waals surface area contributed by atoms with Crippen LogP contribution >= 0.6 is 15.9 Å². The topological polar surface area (TPSA) is 141 Å². The summed E-state index contributed by atoms with van der Waals surface area (Å²) >= 11 is 3.65. The first kappa shape index (κ1) is 33.7. The van der Waals surface area contributed by atoms with Gasteiger partial charge < -0.3 is 14.6 Å². The lowest BCUT2D eigenvalue weighted by atomic mass is 9.81. The number of hydrogen-bond donors (Lipinski definition) is 3. The van der Waals surface area contributed by atoms with Crippen LogP contribution in [0.4, 0.5) is 5.69 Å². The predicted octanol–water partition coefficient (Wildman–Crippen LogP) is 7.30. The van der Waals surface area contributed by atoms with Crippen molar-refractivity contribution in [2.24, 2.45) is 10.1 Å². The molecule has 5 rings (SSSR count). The van der Waals surface area contributed by atoms with Crippen LogP contribution in [0, 0.1) is 0 Å². The van der Waals surface area contributed by atoms with Crippen LogP contribution in [0.25, 0.3) is 10.4 Å². The third-order valence-corrected chi connectivity index (χ3v) is 8.65. The molecule has 0 unspecified atom stereocenters. The number of halogens is 1. The van der Waals surface area contributed by atoms with E-state index in [0.717, 1.165) is 29.3 Å². The van der Waals surface area contributed by atoms with Crippen molar-refractivity contribution in [3.63, 3.8) is 0 Å². The van der Waals surface area contributed by atoms with Crippen molar-refractivity contribution in [1.82, 2.24) is 10.9 Å². The van der Waals surface area contributed by atoms with Crippen LogP contribution in [0.15, 0.2) is 118 Å². The molecule has 0 spiro atoms. The number of carbonyl (C=O) groups is 1. The predicted molar refractivity (Wildman–Crippen MR) is 185 cm³/mol. The minimum atomic E-state index is -1.48. The number of carbonyl (C=O) groups excluding carboxylic acids is 1. The first-order chi connectivity index (χ1) is 23.0. The van der Waals surface area contributed by atoms with Gasteiger partial charge in [-0.2, -0.15) is 0 Å². The fraction of sp³-hybridized carbons (Fsp3) is 0.278. The largest absolute Gasteiger partial charge is 0.494 e. The van der Waals surface area contributed by atoms with Gasteiger partial charge in [0.1, 0.15) is 5.75 Å². The van der Waals surface area contributed by atoms with E-state index in [-0.39, 0.29) is 24.8 Å². The number of aryl methyl sites for hydroxylation is 1. The highest BCUT2D eigenvalue weighted by molar-refractivity contribution is 9.10. The summed E-state index contributed by atoms with van der Waals surface area (Å²) in [6.07, 6.45) is 2.56. The van der Waals surface area contributed by atoms with Crippen molar-refractivity contribution in [3.05, 3.63) is 140 Å². The molecule has 0 fully saturated rings. The van der Waals surface area contributed by atoms with Crippen LogP contribution < -0.4 is 15.6 Å². The van der Waals surface area contributed by atoms with E-state index >= 15 is 0 Å². The SMILES string of the molecule is [N-]=[N+]=Nc1ccccc1[C@@H]1OC(c2ccc(OCCCO)cc2)=N[C@]1(Cc1ccccc1Br)C(=O)NNCCCCc1ccccc1. The summed E-state index contributed by atoms with van der Waals surface area (Å²) in [6.45, 7) is 1.00. The van der Waals surface area contributed by atoms with E-state index in [0.29, 0.717) is 42.1 Å². The first-order valence-electron chi connectivity index (χ1n) is 15.6. The van der Waals surface area contributed by atoms with Crippen molar-refractivity contribution in [3.8, 4) is 5.75 Å². The third kappa shape index (κ3) is 8.58. The molecule has 0 saturated heterocycles. The number of aliphatic hydroxyl groups excluding tert-OH is 1. The normalized spacial score (nSPS) is 16.9. The Morgan fingerprint density at radius 3 is 2.49 bits per heavy atom. The number of aliphatic hydroxyl groups is 1. The number of hydrazine groups is 1. The Labute approximate surface area is 282 Å². The zero-order valence-electron chi connectivity index (χ0n) is 25.9. The molecular weight excluding hydrogens is 660 g/mol. The number of rotatable bonds is 16. The lowest BCUT2D eigenvalue weighted by molar-refractivity contribution is -0.130. The Balaban J connectivity index is 1.46. The van der Waals surface area contributed by atoms with Gasteiger partial charge in [0.05, 0.1) is 6.61 Å². The summed E-state index contributed by atoms with van der Waals surface area (Å²) in [6, 6.07) is 32.3. The Bertz CT molecular complexity index is 1710. The van der Waals surface area contributed by atoms with Crippen molar-refractivity contribution in [2.45, 2.75) is 43.7 Å². The van der Waals surface area contributed by atoms with E-state index in [1.165, 1.54) is 5.56 Å². The maximum absolute atomic E-state index is 14.4. The number of azide groups is 1. The fourth-order valence-electron chi connectivity index (χ4n) is 5.48. The molecule has 10 nitrogen and oxygen atoms in total. The fourth-order valence-corrected chi connectivity index (χ4v) is 5.90. The minimum absolute atomic E-state index is 0.0473. The summed E-state index contributed by atoms with van der Waals surface area (Å²) in [7, 11) is 0. The monoisotopic (exact) mass is 696 g/mol. The second-order valence-corrected chi connectivity index (χ2v) is 12.0. The van der Waals surface area contributed by atoms with Gasteiger partial charge in [-0.3, -0.25) is 10.2 Å². The maximum Gasteiger partial charge on any atom is 0.266 e. The Morgan fingerprint density at radius 2 is 1.72 bits per heavy atom. The summed E-state index contributed by atoms with van der Waals surface area (Å²) in [5.41, 5.74) is 17.6. The average molecular weight is 698 g/mol. The minimum Gasteiger partial charge on any atom is -0.494 e. The second-order valence-electron chi connectivity index (χ2n) is 11.1. The quantitative estimate of drug-likeness (QED) is 0.0371. The number of hydrogen-bond acceptors (Lipinski definition) is 7. The Hall–Kier alpha value is -4.67. The molecule has 0 bridgehead atoms. The number of unbranched alkanes of at least 4 members (excludes halogenated alkanes) is 1. The number of ether oxygens (including phenoxy) is 2. The zero-order valence-corrected chi connectivity index (χ0v) is 27.5. The summed E-state index contributed by atoms with van der Waals surface area (Å²) in [4.78, 5) is 22.5. The smallest absolute Gasteiger partial charge is 0.266 e. The molecule has 1 heterocycles. The van der Waals surface area contributed by atoms with Crippen LogP contribution in [-0.2, 0) is 22.4 Å². The van der Waals surface area contributed by atoms with Gasteiger partial charge in [0, 0.05) is 52.2 Å². The molecule has 4 aromatic carbocycles. The van der Waals surface area contributed by atoms with E-state index < -0.39 is 11.6 Å². The highest BCUT2D eigenvalue weighted by Gasteiger charge is 2.54. The zero-order chi connectivity index (χ0) is 32.9. The van der Waals surface area contributed by atoms with Gasteiger partial charge in [0.25, 0.3) is 5.91 Å².